The SMILES string of the molecule is CCN1CCN(S(=O)(=O)c2ccc(NC(=O)C[C@@H]3C[C@H]4CC[C@H]3C4)cc2)CC1. The first-order valence-electron chi connectivity index (χ1n) is 10.6. The van der Waals surface area contributed by atoms with Gasteiger partial charge in [-0.15, -0.1) is 0 Å². The van der Waals surface area contributed by atoms with Gasteiger partial charge in [-0.2, -0.15) is 4.31 Å². The third-order valence-corrected chi connectivity index (χ3v) is 8.80. The normalized spacial score (nSPS) is 28.5. The molecule has 154 valence electrons. The fourth-order valence-corrected chi connectivity index (χ4v) is 6.64. The van der Waals surface area contributed by atoms with E-state index < -0.39 is 10.0 Å². The molecule has 3 atom stereocenters. The molecule has 1 heterocycles. The van der Waals surface area contributed by atoms with E-state index >= 15 is 0 Å². The van der Waals surface area contributed by atoms with Crippen LogP contribution in [0.1, 0.15) is 39.0 Å². The summed E-state index contributed by atoms with van der Waals surface area (Å²) >= 11 is 0. The highest BCUT2D eigenvalue weighted by Crippen LogP contribution is 2.49. The first-order valence-corrected chi connectivity index (χ1v) is 12.0. The van der Waals surface area contributed by atoms with Crippen LogP contribution in [0.25, 0.3) is 0 Å². The molecule has 3 fully saturated rings. The first-order chi connectivity index (χ1) is 13.5. The molecule has 2 bridgehead atoms. The van der Waals surface area contributed by atoms with Gasteiger partial charge in [-0.1, -0.05) is 13.3 Å². The molecule has 0 aromatic heterocycles. The Bertz CT molecular complexity index is 801. The average Bonchev–Trinajstić information content (AvgIpc) is 3.31. The van der Waals surface area contributed by atoms with Crippen LogP contribution in [-0.4, -0.2) is 56.3 Å². The van der Waals surface area contributed by atoms with E-state index in [1.807, 2.05) is 0 Å². The van der Waals surface area contributed by atoms with Crippen LogP contribution in [0, 0.1) is 17.8 Å². The van der Waals surface area contributed by atoms with E-state index in [4.69, 9.17) is 0 Å². The zero-order valence-corrected chi connectivity index (χ0v) is 17.5. The van der Waals surface area contributed by atoms with E-state index in [9.17, 15) is 13.2 Å². The van der Waals surface area contributed by atoms with Gasteiger partial charge < -0.3 is 10.2 Å². The summed E-state index contributed by atoms with van der Waals surface area (Å²) in [6.07, 6.45) is 5.70. The molecule has 1 aromatic carbocycles. The molecule has 28 heavy (non-hydrogen) atoms. The number of benzene rings is 1. The van der Waals surface area contributed by atoms with Crippen molar-refractivity contribution in [2.45, 2.75) is 43.9 Å². The molecule has 1 aromatic rings. The molecule has 1 amide bonds. The van der Waals surface area contributed by atoms with E-state index in [2.05, 4.69) is 17.1 Å². The van der Waals surface area contributed by atoms with Crippen LogP contribution < -0.4 is 5.32 Å². The molecule has 0 spiro atoms. The molecule has 1 N–H and O–H groups in total. The Morgan fingerprint density at radius 1 is 1.07 bits per heavy atom. The van der Waals surface area contributed by atoms with Crippen LogP contribution >= 0.6 is 0 Å². The second-order valence-electron chi connectivity index (χ2n) is 8.55. The minimum absolute atomic E-state index is 0.0452. The summed E-state index contributed by atoms with van der Waals surface area (Å²) in [7, 11) is -3.47. The highest BCUT2D eigenvalue weighted by atomic mass is 32.2. The minimum Gasteiger partial charge on any atom is -0.326 e. The lowest BCUT2D eigenvalue weighted by Gasteiger charge is -2.33. The number of fused-ring (bicyclic) bond motifs is 2. The molecular weight excluding hydrogens is 374 g/mol. The first kappa shape index (κ1) is 19.9. The highest BCUT2D eigenvalue weighted by Gasteiger charge is 2.40. The fraction of sp³-hybridized carbons (Fsp3) is 0.667. The second kappa shape index (κ2) is 8.13. The number of hydrogen-bond donors (Lipinski definition) is 1. The molecule has 0 unspecified atom stereocenters. The van der Waals surface area contributed by atoms with Gasteiger partial charge in [0.1, 0.15) is 0 Å². The molecule has 7 heteroatoms. The number of piperazine rings is 1. The minimum atomic E-state index is -3.47. The van der Waals surface area contributed by atoms with Gasteiger partial charge >= 0.3 is 0 Å². The van der Waals surface area contributed by atoms with E-state index in [0.717, 1.165) is 31.5 Å². The lowest BCUT2D eigenvalue weighted by molar-refractivity contribution is -0.117. The number of amides is 1. The Morgan fingerprint density at radius 3 is 2.36 bits per heavy atom. The standard InChI is InChI=1S/C21H31N3O3S/c1-2-23-9-11-24(12-10-23)28(26,27)20-7-5-19(6-8-20)22-21(25)15-18-14-16-3-4-17(18)13-16/h5-8,16-18H,2-4,9-15H2,1H3,(H,22,25)/t16-,17-,18-/m0/s1. The average molecular weight is 406 g/mol. The third-order valence-electron chi connectivity index (χ3n) is 6.89. The van der Waals surface area contributed by atoms with Crippen molar-refractivity contribution in [1.82, 2.24) is 9.21 Å². The number of sulfonamides is 1. The monoisotopic (exact) mass is 405 g/mol. The number of likely N-dealkylation sites (N-methyl/N-ethyl adjacent to an activating group) is 1. The number of anilines is 1. The molecular formula is C21H31N3O3S. The molecule has 2 saturated carbocycles. The third kappa shape index (κ3) is 4.11. The topological polar surface area (TPSA) is 69.7 Å². The zero-order valence-electron chi connectivity index (χ0n) is 16.6. The Hall–Kier alpha value is -1.44. The van der Waals surface area contributed by atoms with Crippen LogP contribution in [-0.2, 0) is 14.8 Å². The highest BCUT2D eigenvalue weighted by molar-refractivity contribution is 7.89. The molecule has 2 aliphatic carbocycles. The summed E-state index contributed by atoms with van der Waals surface area (Å²) in [5, 5.41) is 2.95. The van der Waals surface area contributed by atoms with Gasteiger partial charge in [0.25, 0.3) is 0 Å². The summed E-state index contributed by atoms with van der Waals surface area (Å²) in [5.41, 5.74) is 0.669. The summed E-state index contributed by atoms with van der Waals surface area (Å²) < 4.78 is 27.2. The predicted octanol–water partition coefficient (Wildman–Crippen LogP) is 2.78. The van der Waals surface area contributed by atoms with Gasteiger partial charge in [-0.25, -0.2) is 8.42 Å². The smallest absolute Gasteiger partial charge is 0.243 e. The maximum absolute atomic E-state index is 12.8. The van der Waals surface area contributed by atoms with E-state index in [1.54, 1.807) is 28.6 Å². The van der Waals surface area contributed by atoms with Gasteiger partial charge in [0.05, 0.1) is 4.90 Å². The molecule has 1 saturated heterocycles. The zero-order chi connectivity index (χ0) is 19.7. The maximum Gasteiger partial charge on any atom is 0.243 e. The Kier molecular flexibility index (Phi) is 5.76. The van der Waals surface area contributed by atoms with E-state index in [1.165, 1.54) is 25.7 Å². The van der Waals surface area contributed by atoms with E-state index in [-0.39, 0.29) is 5.91 Å². The fourth-order valence-electron chi connectivity index (χ4n) is 5.22. The number of carbonyl (C=O) groups is 1. The van der Waals surface area contributed by atoms with Crippen molar-refractivity contribution in [3.63, 3.8) is 0 Å². The second-order valence-corrected chi connectivity index (χ2v) is 10.5. The van der Waals surface area contributed by atoms with Crippen LogP contribution in [0.3, 0.4) is 0 Å². The number of nitrogens with one attached hydrogen (secondary N) is 1. The van der Waals surface area contributed by atoms with Crippen molar-refractivity contribution in [3.05, 3.63) is 24.3 Å². The molecule has 4 rings (SSSR count). The lowest BCUT2D eigenvalue weighted by atomic mass is 9.86. The van der Waals surface area contributed by atoms with Gasteiger partial charge in [-0.3, -0.25) is 4.79 Å². The summed E-state index contributed by atoms with van der Waals surface area (Å²) in [6, 6.07) is 6.62. The van der Waals surface area contributed by atoms with Crippen LogP contribution in [0.4, 0.5) is 5.69 Å². The van der Waals surface area contributed by atoms with E-state index in [0.29, 0.717) is 36.0 Å². The van der Waals surface area contributed by atoms with Crippen molar-refractivity contribution >= 4 is 21.6 Å². The molecule has 1 aliphatic heterocycles. The van der Waals surface area contributed by atoms with Crippen molar-refractivity contribution in [3.8, 4) is 0 Å². The van der Waals surface area contributed by atoms with Crippen molar-refractivity contribution < 1.29 is 13.2 Å². The van der Waals surface area contributed by atoms with Gasteiger partial charge in [-0.05, 0) is 67.8 Å². The summed E-state index contributed by atoms with van der Waals surface area (Å²) in [5.74, 6) is 2.15. The van der Waals surface area contributed by atoms with Crippen molar-refractivity contribution in [1.29, 1.82) is 0 Å². The number of hydrogen-bond acceptors (Lipinski definition) is 4. The van der Waals surface area contributed by atoms with Crippen LogP contribution in [0.5, 0.6) is 0 Å². The Balaban J connectivity index is 1.33. The molecule has 0 radical (unpaired) electrons. The quantitative estimate of drug-likeness (QED) is 0.790. The van der Waals surface area contributed by atoms with Crippen molar-refractivity contribution in [2.75, 3.05) is 38.0 Å². The molecule has 3 aliphatic rings. The largest absolute Gasteiger partial charge is 0.326 e. The summed E-state index contributed by atoms with van der Waals surface area (Å²) in [6.45, 7) is 5.63. The Labute approximate surface area is 168 Å². The number of nitrogens with zero attached hydrogens (tertiary/aromatic N) is 2. The van der Waals surface area contributed by atoms with Crippen LogP contribution in [0.15, 0.2) is 29.2 Å². The number of carbonyl (C=O) groups excluding carboxylic acids is 1. The summed E-state index contributed by atoms with van der Waals surface area (Å²) in [4.78, 5) is 14.9. The van der Waals surface area contributed by atoms with Crippen molar-refractivity contribution in [2.24, 2.45) is 17.8 Å². The lowest BCUT2D eigenvalue weighted by Crippen LogP contribution is -2.48. The van der Waals surface area contributed by atoms with Crippen LogP contribution in [0.2, 0.25) is 0 Å². The Morgan fingerprint density at radius 2 is 1.79 bits per heavy atom. The maximum atomic E-state index is 12.8. The van der Waals surface area contributed by atoms with Gasteiger partial charge in [0.15, 0.2) is 0 Å². The van der Waals surface area contributed by atoms with Gasteiger partial charge in [0, 0.05) is 38.3 Å². The molecule has 6 nitrogen and oxygen atoms in total. The predicted molar refractivity (Wildman–Crippen MR) is 109 cm³/mol. The number of rotatable bonds is 6. The van der Waals surface area contributed by atoms with Gasteiger partial charge in [0.2, 0.25) is 15.9 Å².